The first-order chi connectivity index (χ1) is 9.60. The number of hydrogen-bond donors (Lipinski definition) is 1. The summed E-state index contributed by atoms with van der Waals surface area (Å²) >= 11 is 7.82. The maximum absolute atomic E-state index is 12.2. The maximum atomic E-state index is 12.2. The van der Waals surface area contributed by atoms with Crippen LogP contribution >= 0.6 is 23.4 Å². The highest BCUT2D eigenvalue weighted by atomic mass is 35.5. The van der Waals surface area contributed by atoms with Crippen LogP contribution in [0.25, 0.3) is 0 Å². The first-order valence-corrected chi connectivity index (χ1v) is 8.01. The molecule has 0 aliphatic rings. The fourth-order valence-electron chi connectivity index (χ4n) is 1.51. The lowest BCUT2D eigenvalue weighted by Gasteiger charge is -2.16. The molecule has 0 spiro atoms. The van der Waals surface area contributed by atoms with Gasteiger partial charge >= 0.3 is 0 Å². The van der Waals surface area contributed by atoms with E-state index in [-0.39, 0.29) is 12.5 Å². The molecule has 1 aromatic carbocycles. The van der Waals surface area contributed by atoms with Gasteiger partial charge in [0.1, 0.15) is 0 Å². The third-order valence-electron chi connectivity index (χ3n) is 2.65. The number of aliphatic hydroxyl groups is 1. The van der Waals surface area contributed by atoms with E-state index in [0.717, 1.165) is 5.75 Å². The smallest absolute Gasteiger partial charge is 0.253 e. The Morgan fingerprint density at radius 1 is 1.50 bits per heavy atom. The van der Waals surface area contributed by atoms with Crippen LogP contribution in [0.4, 0.5) is 0 Å². The number of rotatable bonds is 5. The summed E-state index contributed by atoms with van der Waals surface area (Å²) in [5, 5.41) is 9.13. The van der Waals surface area contributed by atoms with Gasteiger partial charge in [0.05, 0.1) is 11.6 Å². The van der Waals surface area contributed by atoms with E-state index >= 15 is 0 Å². The molecule has 0 aliphatic heterocycles. The Hall–Kier alpha value is -1.15. The van der Waals surface area contributed by atoms with Crippen LogP contribution in [0.2, 0.25) is 5.02 Å². The van der Waals surface area contributed by atoms with Crippen molar-refractivity contribution in [3.8, 4) is 11.8 Å². The van der Waals surface area contributed by atoms with Crippen molar-refractivity contribution >= 4 is 29.3 Å². The molecule has 20 heavy (non-hydrogen) atoms. The molecule has 0 fully saturated rings. The molecule has 1 amide bonds. The predicted molar refractivity (Wildman–Crippen MR) is 85.4 cm³/mol. The summed E-state index contributed by atoms with van der Waals surface area (Å²) in [6, 6.07) is 5.11. The third kappa shape index (κ3) is 5.09. The van der Waals surface area contributed by atoms with Crippen LogP contribution in [0.5, 0.6) is 0 Å². The molecule has 0 saturated carbocycles. The molecule has 0 bridgehead atoms. The van der Waals surface area contributed by atoms with Crippen molar-refractivity contribution in [2.45, 2.75) is 6.42 Å². The molecule has 1 aromatic rings. The van der Waals surface area contributed by atoms with Gasteiger partial charge in [-0.05, 0) is 24.5 Å². The highest BCUT2D eigenvalue weighted by Crippen LogP contribution is 2.18. The molecule has 1 rings (SSSR count). The van der Waals surface area contributed by atoms with Crippen molar-refractivity contribution < 1.29 is 9.90 Å². The minimum atomic E-state index is -0.0455. The van der Waals surface area contributed by atoms with Crippen LogP contribution in [0.3, 0.4) is 0 Å². The van der Waals surface area contributed by atoms with Crippen molar-refractivity contribution in [2.24, 2.45) is 0 Å². The van der Waals surface area contributed by atoms with Gasteiger partial charge in [0.2, 0.25) is 0 Å². The van der Waals surface area contributed by atoms with E-state index in [0.29, 0.717) is 29.1 Å². The Bertz CT molecular complexity index is 522. The van der Waals surface area contributed by atoms with Crippen molar-refractivity contribution in [3.63, 3.8) is 0 Å². The van der Waals surface area contributed by atoms with Crippen LogP contribution in [-0.4, -0.2) is 48.1 Å². The third-order valence-corrected chi connectivity index (χ3v) is 3.56. The molecule has 0 radical (unpaired) electrons. The number of hydrogen-bond acceptors (Lipinski definition) is 3. The molecule has 0 atom stereocenters. The first-order valence-electron chi connectivity index (χ1n) is 6.23. The van der Waals surface area contributed by atoms with Gasteiger partial charge in [-0.15, -0.1) is 0 Å². The largest absolute Gasteiger partial charge is 0.395 e. The van der Waals surface area contributed by atoms with Crippen LogP contribution in [-0.2, 0) is 0 Å². The summed E-state index contributed by atoms with van der Waals surface area (Å²) in [4.78, 5) is 13.8. The molecular formula is C15H18ClNO2S. The van der Waals surface area contributed by atoms with Gasteiger partial charge in [-0.2, -0.15) is 11.8 Å². The zero-order chi connectivity index (χ0) is 15.0. The molecule has 0 saturated heterocycles. The topological polar surface area (TPSA) is 40.5 Å². The average Bonchev–Trinajstić information content (AvgIpc) is 2.45. The van der Waals surface area contributed by atoms with E-state index in [1.807, 2.05) is 6.26 Å². The van der Waals surface area contributed by atoms with E-state index in [1.165, 1.54) is 0 Å². The summed E-state index contributed by atoms with van der Waals surface area (Å²) < 4.78 is 0. The number of aliphatic hydroxyl groups excluding tert-OH is 1. The van der Waals surface area contributed by atoms with Crippen LogP contribution in [0.1, 0.15) is 22.3 Å². The summed E-state index contributed by atoms with van der Waals surface area (Å²) in [6.07, 6.45) is 2.42. The van der Waals surface area contributed by atoms with Crippen molar-refractivity contribution in [1.82, 2.24) is 4.90 Å². The number of carbonyl (C=O) groups excluding carboxylic acids is 1. The van der Waals surface area contributed by atoms with Gasteiger partial charge in [0.15, 0.2) is 0 Å². The zero-order valence-electron chi connectivity index (χ0n) is 11.6. The molecule has 0 aliphatic carbocycles. The minimum Gasteiger partial charge on any atom is -0.395 e. The fourth-order valence-corrected chi connectivity index (χ4v) is 2.20. The van der Waals surface area contributed by atoms with Gasteiger partial charge in [-0.3, -0.25) is 4.79 Å². The Kier molecular flexibility index (Phi) is 7.53. The number of amides is 1. The number of carbonyl (C=O) groups is 1. The van der Waals surface area contributed by atoms with Gasteiger partial charge in [0.25, 0.3) is 5.91 Å². The summed E-state index contributed by atoms with van der Waals surface area (Å²) in [7, 11) is 1.78. The molecule has 0 unspecified atom stereocenters. The molecule has 3 nitrogen and oxygen atoms in total. The highest BCUT2D eigenvalue weighted by molar-refractivity contribution is 7.98. The quantitative estimate of drug-likeness (QED) is 0.850. The number of nitrogens with zero attached hydrogens (tertiary/aromatic N) is 1. The Balaban J connectivity index is 2.81. The lowest BCUT2D eigenvalue weighted by molar-refractivity contribution is 0.0804. The summed E-state index contributed by atoms with van der Waals surface area (Å²) in [5.41, 5.74) is 1.23. The monoisotopic (exact) mass is 311 g/mol. The molecule has 5 heteroatoms. The normalized spacial score (nSPS) is 9.80. The van der Waals surface area contributed by atoms with Gasteiger partial charge in [0, 0.05) is 36.9 Å². The zero-order valence-corrected chi connectivity index (χ0v) is 13.2. The Morgan fingerprint density at radius 3 is 2.85 bits per heavy atom. The second-order valence-corrected chi connectivity index (χ2v) is 5.58. The second-order valence-electron chi connectivity index (χ2n) is 4.19. The molecule has 108 valence electrons. The molecule has 1 N–H and O–H groups in total. The number of benzene rings is 1. The van der Waals surface area contributed by atoms with E-state index in [1.54, 1.807) is 41.9 Å². The van der Waals surface area contributed by atoms with Crippen LogP contribution in [0.15, 0.2) is 18.2 Å². The van der Waals surface area contributed by atoms with Gasteiger partial charge in [-0.25, -0.2) is 0 Å². The van der Waals surface area contributed by atoms with Crippen molar-refractivity contribution in [3.05, 3.63) is 34.3 Å². The van der Waals surface area contributed by atoms with E-state index in [4.69, 9.17) is 16.7 Å². The Morgan fingerprint density at radius 2 is 2.25 bits per heavy atom. The van der Waals surface area contributed by atoms with Gasteiger partial charge < -0.3 is 10.0 Å². The Labute approximate surface area is 129 Å². The molecular weight excluding hydrogens is 294 g/mol. The molecule has 0 heterocycles. The van der Waals surface area contributed by atoms with Crippen molar-refractivity contribution in [2.75, 3.05) is 32.2 Å². The maximum Gasteiger partial charge on any atom is 0.253 e. The summed E-state index contributed by atoms with van der Waals surface area (Å²) in [6.45, 7) is 0.733. The number of thioether (sulfide) groups is 1. The lowest BCUT2D eigenvalue weighted by atomic mass is 10.1. The minimum absolute atomic E-state index is 0.0292. The second kappa shape index (κ2) is 8.91. The van der Waals surface area contributed by atoms with Crippen LogP contribution < -0.4 is 0 Å². The van der Waals surface area contributed by atoms with Crippen LogP contribution in [0, 0.1) is 11.8 Å². The van der Waals surface area contributed by atoms with E-state index in [2.05, 4.69) is 11.8 Å². The number of halogens is 1. The fraction of sp³-hybridized carbons (Fsp3) is 0.400. The highest BCUT2D eigenvalue weighted by Gasteiger charge is 2.12. The van der Waals surface area contributed by atoms with Gasteiger partial charge in [-0.1, -0.05) is 23.4 Å². The average molecular weight is 312 g/mol. The first kappa shape index (κ1) is 16.9. The van der Waals surface area contributed by atoms with E-state index < -0.39 is 0 Å². The molecule has 0 aromatic heterocycles. The van der Waals surface area contributed by atoms with Crippen molar-refractivity contribution in [1.29, 1.82) is 0 Å². The predicted octanol–water partition coefficient (Wildman–Crippen LogP) is 2.51. The lowest BCUT2D eigenvalue weighted by Crippen LogP contribution is -2.28. The summed E-state index contributed by atoms with van der Waals surface area (Å²) in [5.74, 6) is 6.54. The van der Waals surface area contributed by atoms with E-state index in [9.17, 15) is 4.79 Å². The SMILES string of the molecule is CSCCN(C)C(=O)c1ccc(C#CCCO)c(Cl)c1. The standard InChI is InChI=1S/C15H18ClNO2S/c1-17(8-10-20-2)15(19)13-7-6-12(14(16)11-13)5-3-4-9-18/h6-7,11,18H,4,8-10H2,1-2H3.